The van der Waals surface area contributed by atoms with Crippen molar-refractivity contribution in [1.82, 2.24) is 9.97 Å². The summed E-state index contributed by atoms with van der Waals surface area (Å²) in [7, 11) is 0. The first-order valence-electron chi connectivity index (χ1n) is 6.45. The van der Waals surface area contributed by atoms with Gasteiger partial charge in [-0.2, -0.15) is 13.8 Å². The molecule has 0 N–H and O–H groups in total. The quantitative estimate of drug-likeness (QED) is 0.609. The van der Waals surface area contributed by atoms with Crippen LogP contribution in [0.1, 0.15) is 48.8 Å². The van der Waals surface area contributed by atoms with E-state index < -0.39 is 18.3 Å². The highest BCUT2D eigenvalue weighted by Gasteiger charge is 2.22. The molecule has 0 aliphatic rings. The molecule has 2 rings (SSSR count). The van der Waals surface area contributed by atoms with Gasteiger partial charge in [0, 0.05) is 23.5 Å². The number of halogens is 4. The van der Waals surface area contributed by atoms with E-state index in [0.29, 0.717) is 5.56 Å². The largest absolute Gasteiger partial charge is 0.265 e. The van der Waals surface area contributed by atoms with Crippen LogP contribution in [0.3, 0.4) is 0 Å². The van der Waals surface area contributed by atoms with Crippen molar-refractivity contribution >= 4 is 0 Å². The highest BCUT2D eigenvalue weighted by atomic mass is 19.3. The van der Waals surface area contributed by atoms with Gasteiger partial charge in [-0.3, -0.25) is 4.98 Å². The smallest absolute Gasteiger partial charge is 0.264 e. The summed E-state index contributed by atoms with van der Waals surface area (Å²) in [6.07, 6.45) is -0.0304. The van der Waals surface area contributed by atoms with Crippen LogP contribution < -0.4 is 0 Å². The average Bonchev–Trinajstić information content (AvgIpc) is 2.46. The van der Waals surface area contributed by atoms with Gasteiger partial charge in [-0.15, -0.1) is 0 Å². The Morgan fingerprint density at radius 3 is 2.24 bits per heavy atom. The molecular formula is C15H14F4N2. The fraction of sp³-hybridized carbons (Fsp3) is 0.333. The Morgan fingerprint density at radius 2 is 1.62 bits per heavy atom. The van der Waals surface area contributed by atoms with E-state index in [1.165, 1.54) is 18.3 Å². The third-order valence-corrected chi connectivity index (χ3v) is 3.64. The summed E-state index contributed by atoms with van der Waals surface area (Å²) < 4.78 is 51.9. The Hall–Kier alpha value is -1.98. The van der Waals surface area contributed by atoms with Crippen LogP contribution in [0.2, 0.25) is 0 Å². The highest BCUT2D eigenvalue weighted by Crippen LogP contribution is 2.34. The lowest BCUT2D eigenvalue weighted by atomic mass is 9.85. The van der Waals surface area contributed by atoms with Crippen molar-refractivity contribution in [3.8, 4) is 0 Å². The SMILES string of the molecule is CC(c1cncc(C(F)F)c1)C(C)c1ccc(F)nc1F. The molecule has 2 atom stereocenters. The van der Waals surface area contributed by atoms with E-state index >= 15 is 0 Å². The van der Waals surface area contributed by atoms with Gasteiger partial charge < -0.3 is 0 Å². The summed E-state index contributed by atoms with van der Waals surface area (Å²) in [5.41, 5.74) is 0.639. The predicted molar refractivity (Wildman–Crippen MR) is 70.2 cm³/mol. The van der Waals surface area contributed by atoms with E-state index in [0.717, 1.165) is 12.3 Å². The Morgan fingerprint density at radius 1 is 0.952 bits per heavy atom. The summed E-state index contributed by atoms with van der Waals surface area (Å²) in [5.74, 6) is -2.39. The van der Waals surface area contributed by atoms with Gasteiger partial charge in [0.05, 0.1) is 0 Å². The molecule has 2 aromatic rings. The molecule has 0 spiro atoms. The van der Waals surface area contributed by atoms with Crippen molar-refractivity contribution < 1.29 is 17.6 Å². The number of alkyl halides is 2. The molecule has 0 fully saturated rings. The van der Waals surface area contributed by atoms with Crippen molar-refractivity contribution in [3.05, 3.63) is 59.2 Å². The summed E-state index contributed by atoms with van der Waals surface area (Å²) in [4.78, 5) is 6.94. The van der Waals surface area contributed by atoms with E-state index in [2.05, 4.69) is 9.97 Å². The number of hydrogen-bond acceptors (Lipinski definition) is 2. The third kappa shape index (κ3) is 3.37. The maximum atomic E-state index is 13.7. The van der Waals surface area contributed by atoms with Gasteiger partial charge in [-0.05, 0) is 35.6 Å². The molecule has 2 unspecified atom stereocenters. The number of aromatic nitrogens is 2. The zero-order valence-electron chi connectivity index (χ0n) is 11.5. The van der Waals surface area contributed by atoms with E-state index in [4.69, 9.17) is 0 Å². The second kappa shape index (κ2) is 6.20. The van der Waals surface area contributed by atoms with Gasteiger partial charge in [-0.25, -0.2) is 8.78 Å². The molecule has 0 amide bonds. The normalized spacial score (nSPS) is 14.2. The zero-order valence-corrected chi connectivity index (χ0v) is 11.5. The fourth-order valence-electron chi connectivity index (χ4n) is 2.17. The van der Waals surface area contributed by atoms with Crippen LogP contribution in [0.15, 0.2) is 30.6 Å². The van der Waals surface area contributed by atoms with Crippen LogP contribution in [0.25, 0.3) is 0 Å². The fourth-order valence-corrected chi connectivity index (χ4v) is 2.17. The van der Waals surface area contributed by atoms with Crippen LogP contribution in [-0.4, -0.2) is 9.97 Å². The number of nitrogens with zero attached hydrogens (tertiary/aromatic N) is 2. The first-order valence-corrected chi connectivity index (χ1v) is 6.45. The lowest BCUT2D eigenvalue weighted by Gasteiger charge is -2.21. The topological polar surface area (TPSA) is 25.8 Å². The minimum absolute atomic E-state index is 0.177. The maximum Gasteiger partial charge on any atom is 0.265 e. The number of rotatable bonds is 4. The highest BCUT2D eigenvalue weighted by molar-refractivity contribution is 5.27. The summed E-state index contributed by atoms with van der Waals surface area (Å²) in [6, 6.07) is 3.76. The molecule has 0 aliphatic carbocycles. The molecule has 6 heteroatoms. The zero-order chi connectivity index (χ0) is 15.6. The van der Waals surface area contributed by atoms with E-state index in [1.807, 2.05) is 0 Å². The van der Waals surface area contributed by atoms with Gasteiger partial charge in [0.15, 0.2) is 0 Å². The van der Waals surface area contributed by atoms with Gasteiger partial charge in [0.25, 0.3) is 6.43 Å². The molecule has 21 heavy (non-hydrogen) atoms. The summed E-state index contributed by atoms with van der Waals surface area (Å²) in [5, 5.41) is 0. The summed E-state index contributed by atoms with van der Waals surface area (Å²) >= 11 is 0. The molecule has 0 saturated carbocycles. The van der Waals surface area contributed by atoms with Crippen LogP contribution in [0.5, 0.6) is 0 Å². The minimum Gasteiger partial charge on any atom is -0.264 e. The lowest BCUT2D eigenvalue weighted by molar-refractivity contribution is 0.151. The Labute approximate surface area is 119 Å². The molecular weight excluding hydrogens is 284 g/mol. The van der Waals surface area contributed by atoms with Crippen LogP contribution in [0.4, 0.5) is 17.6 Å². The lowest BCUT2D eigenvalue weighted by Crippen LogP contribution is -2.09. The molecule has 0 saturated heterocycles. The molecule has 0 aliphatic heterocycles. The van der Waals surface area contributed by atoms with Gasteiger partial charge in [-0.1, -0.05) is 13.8 Å². The van der Waals surface area contributed by atoms with Crippen LogP contribution in [-0.2, 0) is 0 Å². The molecule has 2 heterocycles. The predicted octanol–water partition coefficient (Wildman–Crippen LogP) is 4.60. The number of pyridine rings is 2. The Bertz CT molecular complexity index is 631. The molecule has 2 nitrogen and oxygen atoms in total. The second-order valence-corrected chi connectivity index (χ2v) is 4.94. The van der Waals surface area contributed by atoms with Crippen molar-refractivity contribution in [2.45, 2.75) is 32.1 Å². The minimum atomic E-state index is -2.61. The van der Waals surface area contributed by atoms with Crippen LogP contribution in [0, 0.1) is 11.9 Å². The molecule has 0 radical (unpaired) electrons. The van der Waals surface area contributed by atoms with Crippen molar-refractivity contribution in [2.24, 2.45) is 0 Å². The van der Waals surface area contributed by atoms with Crippen molar-refractivity contribution in [2.75, 3.05) is 0 Å². The van der Waals surface area contributed by atoms with Gasteiger partial charge in [0.1, 0.15) is 0 Å². The van der Waals surface area contributed by atoms with E-state index in [1.54, 1.807) is 13.8 Å². The van der Waals surface area contributed by atoms with E-state index in [9.17, 15) is 17.6 Å². The molecule has 0 bridgehead atoms. The first-order chi connectivity index (χ1) is 9.90. The van der Waals surface area contributed by atoms with Gasteiger partial charge >= 0.3 is 0 Å². The second-order valence-electron chi connectivity index (χ2n) is 4.94. The standard InChI is InChI=1S/C15H14F4N2/c1-8(10-5-11(14(17)18)7-20-6-10)9(2)12-3-4-13(16)21-15(12)19/h3-9,14H,1-2H3. The van der Waals surface area contributed by atoms with Gasteiger partial charge in [0.2, 0.25) is 11.9 Å². The Kier molecular flexibility index (Phi) is 4.55. The summed E-state index contributed by atoms with van der Waals surface area (Å²) in [6.45, 7) is 3.51. The molecule has 112 valence electrons. The maximum absolute atomic E-state index is 13.7. The Balaban J connectivity index is 2.30. The average molecular weight is 298 g/mol. The van der Waals surface area contributed by atoms with Crippen molar-refractivity contribution in [3.63, 3.8) is 0 Å². The van der Waals surface area contributed by atoms with Crippen LogP contribution >= 0.6 is 0 Å². The monoisotopic (exact) mass is 298 g/mol. The van der Waals surface area contributed by atoms with Crippen molar-refractivity contribution in [1.29, 1.82) is 0 Å². The third-order valence-electron chi connectivity index (χ3n) is 3.64. The first kappa shape index (κ1) is 15.4. The number of hydrogen-bond donors (Lipinski definition) is 0. The molecule has 0 aromatic carbocycles. The molecule has 2 aromatic heterocycles. The van der Waals surface area contributed by atoms with E-state index in [-0.39, 0.29) is 23.0 Å².